The minimum atomic E-state index is -0.581. The molecule has 4 aromatic rings. The summed E-state index contributed by atoms with van der Waals surface area (Å²) < 4.78 is 19.9. The number of carbonyl (C=O) groups is 1. The standard InChI is InChI=1S/C29H26FN7O3/c1-40-26-4-2-3-22(30)27(26)28-34-10-8-24(35-28)29(39)36-23-6-5-17(21-7-9-33-14-18(21)13-31)11-25(23)37-15-19(32)12-20(37)16-38/h2-11,14,19-20,38H,12,15-16,32H2,1H3,(H,36,39)/t19-,20-/m1/s1. The van der Waals surface area contributed by atoms with Crippen molar-refractivity contribution in [1.29, 1.82) is 5.26 Å². The highest BCUT2D eigenvalue weighted by atomic mass is 19.1. The van der Waals surface area contributed by atoms with Gasteiger partial charge in [-0.3, -0.25) is 9.78 Å². The summed E-state index contributed by atoms with van der Waals surface area (Å²) in [5.41, 5.74) is 9.19. The molecule has 3 heterocycles. The molecule has 0 bridgehead atoms. The number of aliphatic hydroxyl groups is 1. The average Bonchev–Trinajstić information content (AvgIpc) is 3.37. The fourth-order valence-corrected chi connectivity index (χ4v) is 4.88. The van der Waals surface area contributed by atoms with Crippen LogP contribution in [0.4, 0.5) is 15.8 Å². The molecule has 1 aliphatic heterocycles. The molecular formula is C29H26FN7O3. The van der Waals surface area contributed by atoms with Crippen LogP contribution in [0.2, 0.25) is 0 Å². The molecule has 0 spiro atoms. The Morgan fingerprint density at radius 2 is 2.12 bits per heavy atom. The van der Waals surface area contributed by atoms with Crippen molar-refractivity contribution in [2.24, 2.45) is 5.73 Å². The number of benzene rings is 2. The summed E-state index contributed by atoms with van der Waals surface area (Å²) in [6.45, 7) is 0.341. The number of pyridine rings is 1. The zero-order chi connectivity index (χ0) is 28.2. The van der Waals surface area contributed by atoms with Crippen molar-refractivity contribution in [3.8, 4) is 34.3 Å². The van der Waals surface area contributed by atoms with E-state index in [2.05, 4.69) is 26.3 Å². The molecule has 0 aliphatic carbocycles. The molecule has 1 saturated heterocycles. The van der Waals surface area contributed by atoms with Gasteiger partial charge in [0.2, 0.25) is 0 Å². The molecule has 1 amide bonds. The monoisotopic (exact) mass is 539 g/mol. The Bertz CT molecular complexity index is 1610. The van der Waals surface area contributed by atoms with Gasteiger partial charge in [0.15, 0.2) is 5.82 Å². The molecule has 2 aromatic carbocycles. The quantitative estimate of drug-likeness (QED) is 0.321. The predicted molar refractivity (Wildman–Crippen MR) is 147 cm³/mol. The van der Waals surface area contributed by atoms with Gasteiger partial charge in [0, 0.05) is 36.7 Å². The van der Waals surface area contributed by atoms with Crippen LogP contribution < -0.4 is 20.7 Å². The lowest BCUT2D eigenvalue weighted by molar-refractivity contribution is 0.102. The third kappa shape index (κ3) is 5.18. The summed E-state index contributed by atoms with van der Waals surface area (Å²) in [6, 6.07) is 14.6. The van der Waals surface area contributed by atoms with E-state index < -0.39 is 11.7 Å². The van der Waals surface area contributed by atoms with E-state index in [9.17, 15) is 19.6 Å². The molecule has 11 heteroatoms. The summed E-state index contributed by atoms with van der Waals surface area (Å²) in [4.78, 5) is 27.8. The highest BCUT2D eigenvalue weighted by molar-refractivity contribution is 6.05. The van der Waals surface area contributed by atoms with Crippen molar-refractivity contribution >= 4 is 17.3 Å². The van der Waals surface area contributed by atoms with E-state index in [1.165, 1.54) is 37.7 Å². The number of rotatable bonds is 7. The van der Waals surface area contributed by atoms with E-state index in [0.717, 1.165) is 5.56 Å². The third-order valence-electron chi connectivity index (χ3n) is 6.77. The maximum atomic E-state index is 14.6. The number of ether oxygens (including phenoxy) is 1. The van der Waals surface area contributed by atoms with Gasteiger partial charge in [0.25, 0.3) is 5.91 Å². The number of hydrogen-bond donors (Lipinski definition) is 3. The van der Waals surface area contributed by atoms with Gasteiger partial charge >= 0.3 is 0 Å². The van der Waals surface area contributed by atoms with E-state index in [0.29, 0.717) is 35.5 Å². The Kier molecular flexibility index (Phi) is 7.63. The first kappa shape index (κ1) is 26.7. The van der Waals surface area contributed by atoms with Crippen LogP contribution in [0.25, 0.3) is 22.5 Å². The van der Waals surface area contributed by atoms with Crippen molar-refractivity contribution < 1.29 is 19.0 Å². The maximum absolute atomic E-state index is 14.6. The molecule has 40 heavy (non-hydrogen) atoms. The lowest BCUT2D eigenvalue weighted by Crippen LogP contribution is -2.33. The van der Waals surface area contributed by atoms with Gasteiger partial charge in [0.1, 0.15) is 23.3 Å². The molecular weight excluding hydrogens is 513 g/mol. The number of aliphatic hydroxyl groups excluding tert-OH is 1. The van der Waals surface area contributed by atoms with E-state index >= 15 is 0 Å². The lowest BCUT2D eigenvalue weighted by atomic mass is 10.0. The summed E-state index contributed by atoms with van der Waals surface area (Å²) in [6.07, 6.45) is 5.04. The molecule has 2 atom stereocenters. The normalized spacial score (nSPS) is 16.4. The first-order valence-corrected chi connectivity index (χ1v) is 12.5. The van der Waals surface area contributed by atoms with E-state index in [4.69, 9.17) is 10.5 Å². The number of aromatic nitrogens is 3. The van der Waals surface area contributed by atoms with Crippen LogP contribution in [0.15, 0.2) is 67.1 Å². The van der Waals surface area contributed by atoms with Gasteiger partial charge in [-0.25, -0.2) is 14.4 Å². The average molecular weight is 540 g/mol. The van der Waals surface area contributed by atoms with Crippen molar-refractivity contribution in [2.45, 2.75) is 18.5 Å². The number of nitrogens with zero attached hydrogens (tertiary/aromatic N) is 5. The van der Waals surface area contributed by atoms with Gasteiger partial charge in [0.05, 0.1) is 42.3 Å². The minimum absolute atomic E-state index is 0.00533. The number of nitrogens with two attached hydrogens (primary N) is 1. The third-order valence-corrected chi connectivity index (χ3v) is 6.77. The number of nitriles is 1. The number of hydrogen-bond acceptors (Lipinski definition) is 9. The Hall–Kier alpha value is -4.92. The predicted octanol–water partition coefficient (Wildman–Crippen LogP) is 3.38. The number of carbonyl (C=O) groups excluding carboxylic acids is 1. The van der Waals surface area contributed by atoms with Crippen molar-refractivity contribution in [1.82, 2.24) is 15.0 Å². The highest BCUT2D eigenvalue weighted by Crippen LogP contribution is 2.37. The molecule has 5 rings (SSSR count). The topological polar surface area (TPSA) is 150 Å². The second-order valence-corrected chi connectivity index (χ2v) is 9.29. The van der Waals surface area contributed by atoms with E-state index in [1.54, 1.807) is 30.5 Å². The van der Waals surface area contributed by atoms with Crippen molar-refractivity contribution in [3.63, 3.8) is 0 Å². The van der Waals surface area contributed by atoms with Gasteiger partial charge in [-0.15, -0.1) is 0 Å². The zero-order valence-corrected chi connectivity index (χ0v) is 21.6. The second kappa shape index (κ2) is 11.4. The SMILES string of the molecule is COc1cccc(F)c1-c1nccc(C(=O)Nc2ccc(-c3ccncc3C#N)cc2N2C[C@H](N)C[C@@H]2CO)n1. The van der Waals surface area contributed by atoms with Gasteiger partial charge in [-0.1, -0.05) is 12.1 Å². The van der Waals surface area contributed by atoms with Crippen LogP contribution in [0.1, 0.15) is 22.5 Å². The Morgan fingerprint density at radius 3 is 2.90 bits per heavy atom. The molecule has 2 aromatic heterocycles. The number of anilines is 2. The van der Waals surface area contributed by atoms with Crippen LogP contribution in [0.3, 0.4) is 0 Å². The Balaban J connectivity index is 1.53. The van der Waals surface area contributed by atoms with Gasteiger partial charge in [-0.2, -0.15) is 5.26 Å². The number of methoxy groups -OCH3 is 1. The van der Waals surface area contributed by atoms with Crippen molar-refractivity contribution in [3.05, 3.63) is 84.2 Å². The summed E-state index contributed by atoms with van der Waals surface area (Å²) in [7, 11) is 1.41. The van der Waals surface area contributed by atoms with Gasteiger partial charge in [-0.05, 0) is 48.4 Å². The van der Waals surface area contributed by atoms with Crippen LogP contribution in [-0.4, -0.2) is 58.3 Å². The Labute approximate surface area is 229 Å². The minimum Gasteiger partial charge on any atom is -0.496 e. The number of amides is 1. The molecule has 10 nitrogen and oxygen atoms in total. The fraction of sp³-hybridized carbons (Fsp3) is 0.207. The summed E-state index contributed by atoms with van der Waals surface area (Å²) in [5.74, 6) is -0.879. The number of nitrogens with one attached hydrogen (secondary N) is 1. The van der Waals surface area contributed by atoms with E-state index in [1.807, 2.05) is 11.0 Å². The Morgan fingerprint density at radius 1 is 1.27 bits per heavy atom. The fourth-order valence-electron chi connectivity index (χ4n) is 4.88. The van der Waals surface area contributed by atoms with Crippen molar-refractivity contribution in [2.75, 3.05) is 30.5 Å². The molecule has 0 unspecified atom stereocenters. The zero-order valence-electron chi connectivity index (χ0n) is 21.6. The maximum Gasteiger partial charge on any atom is 0.274 e. The molecule has 1 fully saturated rings. The molecule has 0 saturated carbocycles. The first-order valence-electron chi connectivity index (χ1n) is 12.5. The first-order chi connectivity index (χ1) is 19.4. The molecule has 4 N–H and O–H groups in total. The lowest BCUT2D eigenvalue weighted by Gasteiger charge is -2.28. The molecule has 202 valence electrons. The number of halogens is 1. The van der Waals surface area contributed by atoms with Crippen LogP contribution in [0.5, 0.6) is 5.75 Å². The second-order valence-electron chi connectivity index (χ2n) is 9.29. The summed E-state index contributed by atoms with van der Waals surface area (Å²) >= 11 is 0. The smallest absolute Gasteiger partial charge is 0.274 e. The van der Waals surface area contributed by atoms with E-state index in [-0.39, 0.29) is 41.5 Å². The summed E-state index contributed by atoms with van der Waals surface area (Å²) in [5, 5.41) is 22.5. The molecule has 0 radical (unpaired) electrons. The van der Waals surface area contributed by atoms with Gasteiger partial charge < -0.3 is 25.8 Å². The largest absolute Gasteiger partial charge is 0.496 e. The highest BCUT2D eigenvalue weighted by Gasteiger charge is 2.31. The van der Waals surface area contributed by atoms with Crippen LogP contribution >= 0.6 is 0 Å². The van der Waals surface area contributed by atoms with Crippen LogP contribution in [-0.2, 0) is 0 Å². The molecule has 1 aliphatic rings. The van der Waals surface area contributed by atoms with Crippen LogP contribution in [0, 0.1) is 17.1 Å².